The summed E-state index contributed by atoms with van der Waals surface area (Å²) in [6.07, 6.45) is -1.97. The summed E-state index contributed by atoms with van der Waals surface area (Å²) in [6.45, 7) is 0.0281. The van der Waals surface area contributed by atoms with Crippen LogP contribution in [0, 0.1) is 10.1 Å². The number of methoxy groups -OCH3 is 1. The van der Waals surface area contributed by atoms with Crippen molar-refractivity contribution < 1.29 is 24.7 Å². The van der Waals surface area contributed by atoms with Crippen LogP contribution in [-0.4, -0.2) is 58.4 Å². The van der Waals surface area contributed by atoms with Crippen molar-refractivity contribution in [1.29, 1.82) is 0 Å². The highest BCUT2D eigenvalue weighted by atomic mass is 16.6. The van der Waals surface area contributed by atoms with Crippen LogP contribution in [0.5, 0.6) is 5.75 Å². The number of amides is 1. The average molecular weight is 282 g/mol. The number of aliphatic hydroxyl groups excluding tert-OH is 2. The summed E-state index contributed by atoms with van der Waals surface area (Å²) in [5.74, 6) is -0.368. The van der Waals surface area contributed by atoms with Crippen molar-refractivity contribution in [3.05, 3.63) is 33.9 Å². The Morgan fingerprint density at radius 1 is 1.40 bits per heavy atom. The molecule has 2 unspecified atom stereocenters. The van der Waals surface area contributed by atoms with E-state index >= 15 is 0 Å². The van der Waals surface area contributed by atoms with Crippen LogP contribution in [0.15, 0.2) is 18.2 Å². The smallest absolute Gasteiger partial charge is 0.273 e. The van der Waals surface area contributed by atoms with Gasteiger partial charge in [-0.2, -0.15) is 0 Å². The van der Waals surface area contributed by atoms with E-state index in [1.807, 2.05) is 0 Å². The fraction of sp³-hybridized carbons (Fsp3) is 0.417. The van der Waals surface area contributed by atoms with Gasteiger partial charge in [0.15, 0.2) is 0 Å². The molecule has 1 saturated heterocycles. The lowest BCUT2D eigenvalue weighted by Crippen LogP contribution is -2.30. The van der Waals surface area contributed by atoms with Crippen molar-refractivity contribution in [3.63, 3.8) is 0 Å². The zero-order valence-corrected chi connectivity index (χ0v) is 10.7. The molecular weight excluding hydrogens is 268 g/mol. The molecule has 0 bridgehead atoms. The number of benzene rings is 1. The van der Waals surface area contributed by atoms with Gasteiger partial charge >= 0.3 is 0 Å². The SMILES string of the molecule is COc1cc([N+](=O)[O-])ccc1C(=O)N1CC(O)C(O)C1. The molecule has 20 heavy (non-hydrogen) atoms. The van der Waals surface area contributed by atoms with E-state index in [-0.39, 0.29) is 30.1 Å². The van der Waals surface area contributed by atoms with Gasteiger partial charge < -0.3 is 19.8 Å². The molecule has 1 amide bonds. The molecule has 2 N–H and O–H groups in total. The number of nitro groups is 1. The fourth-order valence-electron chi connectivity index (χ4n) is 2.08. The van der Waals surface area contributed by atoms with E-state index in [0.717, 1.165) is 6.07 Å². The van der Waals surface area contributed by atoms with Crippen molar-refractivity contribution in [3.8, 4) is 5.75 Å². The number of rotatable bonds is 3. The number of carbonyl (C=O) groups excluding carboxylic acids is 1. The lowest BCUT2D eigenvalue weighted by Gasteiger charge is -2.17. The Hall–Kier alpha value is -2.19. The number of nitrogens with zero attached hydrogens (tertiary/aromatic N) is 2. The van der Waals surface area contributed by atoms with Crippen molar-refractivity contribution in [1.82, 2.24) is 4.90 Å². The topological polar surface area (TPSA) is 113 Å². The largest absolute Gasteiger partial charge is 0.496 e. The molecule has 0 aromatic heterocycles. The fourth-order valence-corrected chi connectivity index (χ4v) is 2.08. The molecule has 8 nitrogen and oxygen atoms in total. The zero-order valence-electron chi connectivity index (χ0n) is 10.7. The number of aliphatic hydroxyl groups is 2. The first kappa shape index (κ1) is 14.2. The van der Waals surface area contributed by atoms with E-state index in [1.54, 1.807) is 0 Å². The molecule has 1 aliphatic rings. The second-order valence-corrected chi connectivity index (χ2v) is 4.49. The van der Waals surface area contributed by atoms with Gasteiger partial charge in [0.25, 0.3) is 11.6 Å². The number of hydrogen-bond acceptors (Lipinski definition) is 6. The first-order valence-electron chi connectivity index (χ1n) is 5.92. The van der Waals surface area contributed by atoms with Crippen LogP contribution in [-0.2, 0) is 0 Å². The molecule has 0 saturated carbocycles. The van der Waals surface area contributed by atoms with Crippen LogP contribution < -0.4 is 4.74 Å². The summed E-state index contributed by atoms with van der Waals surface area (Å²) in [4.78, 5) is 23.6. The molecule has 0 aliphatic carbocycles. The number of non-ortho nitro benzene ring substituents is 1. The molecule has 1 fully saturated rings. The second-order valence-electron chi connectivity index (χ2n) is 4.49. The third-order valence-electron chi connectivity index (χ3n) is 3.17. The van der Waals surface area contributed by atoms with E-state index in [2.05, 4.69) is 0 Å². The van der Waals surface area contributed by atoms with Gasteiger partial charge in [0.1, 0.15) is 5.75 Å². The summed E-state index contributed by atoms with van der Waals surface area (Å²) in [7, 11) is 1.31. The molecule has 2 rings (SSSR count). The molecule has 1 aromatic carbocycles. The predicted molar refractivity (Wildman–Crippen MR) is 67.6 cm³/mol. The van der Waals surface area contributed by atoms with Crippen molar-refractivity contribution in [2.75, 3.05) is 20.2 Å². The standard InChI is InChI=1S/C12H14N2O6/c1-20-11-4-7(14(18)19)2-3-8(11)12(17)13-5-9(15)10(16)6-13/h2-4,9-10,15-16H,5-6H2,1H3. The van der Waals surface area contributed by atoms with Crippen LogP contribution in [0.4, 0.5) is 5.69 Å². The van der Waals surface area contributed by atoms with E-state index < -0.39 is 23.0 Å². The van der Waals surface area contributed by atoms with Gasteiger partial charge in [-0.3, -0.25) is 14.9 Å². The first-order valence-corrected chi connectivity index (χ1v) is 5.92. The molecular formula is C12H14N2O6. The number of carbonyl (C=O) groups is 1. The summed E-state index contributed by atoms with van der Waals surface area (Å²) in [5, 5.41) is 29.6. The molecule has 1 heterocycles. The first-order chi connectivity index (χ1) is 9.43. The lowest BCUT2D eigenvalue weighted by atomic mass is 10.1. The predicted octanol–water partition coefficient (Wildman–Crippen LogP) is -0.219. The normalized spacial score (nSPS) is 21.9. The maximum absolute atomic E-state index is 12.3. The molecule has 1 aromatic rings. The number of ether oxygens (including phenoxy) is 1. The second kappa shape index (κ2) is 5.43. The van der Waals surface area contributed by atoms with Crippen molar-refractivity contribution in [2.24, 2.45) is 0 Å². The van der Waals surface area contributed by atoms with Crippen molar-refractivity contribution in [2.45, 2.75) is 12.2 Å². The molecule has 0 radical (unpaired) electrons. The van der Waals surface area contributed by atoms with Gasteiger partial charge in [-0.1, -0.05) is 0 Å². The Morgan fingerprint density at radius 2 is 2.00 bits per heavy atom. The summed E-state index contributed by atoms with van der Waals surface area (Å²) in [5.41, 5.74) is -0.0284. The monoisotopic (exact) mass is 282 g/mol. The van der Waals surface area contributed by atoms with Crippen LogP contribution >= 0.6 is 0 Å². The van der Waals surface area contributed by atoms with Crippen LogP contribution in [0.1, 0.15) is 10.4 Å². The average Bonchev–Trinajstić information content (AvgIpc) is 2.77. The Balaban J connectivity index is 2.28. The summed E-state index contributed by atoms with van der Waals surface area (Å²) < 4.78 is 4.99. The molecule has 8 heteroatoms. The molecule has 108 valence electrons. The Kier molecular flexibility index (Phi) is 3.86. The molecule has 1 aliphatic heterocycles. The van der Waals surface area contributed by atoms with Gasteiger partial charge in [0.05, 0.1) is 35.9 Å². The highest BCUT2D eigenvalue weighted by Gasteiger charge is 2.34. The van der Waals surface area contributed by atoms with E-state index in [9.17, 15) is 25.1 Å². The van der Waals surface area contributed by atoms with Gasteiger partial charge in [-0.05, 0) is 6.07 Å². The van der Waals surface area contributed by atoms with Gasteiger partial charge in [0, 0.05) is 19.2 Å². The minimum absolute atomic E-state index is 0.0140. The lowest BCUT2D eigenvalue weighted by molar-refractivity contribution is -0.384. The van der Waals surface area contributed by atoms with E-state index in [4.69, 9.17) is 4.74 Å². The van der Waals surface area contributed by atoms with Crippen LogP contribution in [0.2, 0.25) is 0 Å². The van der Waals surface area contributed by atoms with Crippen molar-refractivity contribution >= 4 is 11.6 Å². The minimum Gasteiger partial charge on any atom is -0.496 e. The van der Waals surface area contributed by atoms with E-state index in [0.29, 0.717) is 0 Å². The zero-order chi connectivity index (χ0) is 14.9. The summed E-state index contributed by atoms with van der Waals surface area (Å²) in [6, 6.07) is 3.67. The molecule has 2 atom stereocenters. The Morgan fingerprint density at radius 3 is 2.50 bits per heavy atom. The third kappa shape index (κ3) is 2.56. The minimum atomic E-state index is -0.983. The number of nitro benzene ring substituents is 1. The number of likely N-dealkylation sites (tertiary alicyclic amines) is 1. The maximum Gasteiger partial charge on any atom is 0.273 e. The Labute approximate surface area is 114 Å². The van der Waals surface area contributed by atoms with E-state index in [1.165, 1.54) is 24.1 Å². The van der Waals surface area contributed by atoms with Gasteiger partial charge in [0.2, 0.25) is 0 Å². The third-order valence-corrected chi connectivity index (χ3v) is 3.17. The molecule has 0 spiro atoms. The quantitative estimate of drug-likeness (QED) is 0.585. The van der Waals surface area contributed by atoms with Crippen LogP contribution in [0.25, 0.3) is 0 Å². The number of β-amino-alcohol motifs (C(OH)–C–C–N with tert-alkyl or cyclic N) is 2. The van der Waals surface area contributed by atoms with Gasteiger partial charge in [-0.15, -0.1) is 0 Å². The number of hydrogen-bond donors (Lipinski definition) is 2. The Bertz CT molecular complexity index is 537. The highest BCUT2D eigenvalue weighted by Crippen LogP contribution is 2.26. The highest BCUT2D eigenvalue weighted by molar-refractivity contribution is 5.97. The maximum atomic E-state index is 12.3. The van der Waals surface area contributed by atoms with Gasteiger partial charge in [-0.25, -0.2) is 0 Å². The summed E-state index contributed by atoms with van der Waals surface area (Å²) >= 11 is 0. The van der Waals surface area contributed by atoms with Crippen LogP contribution in [0.3, 0.4) is 0 Å².